The minimum absolute atomic E-state index is 0.111. The van der Waals surface area contributed by atoms with E-state index in [-0.39, 0.29) is 17.8 Å². The average molecular weight is 331 g/mol. The molecule has 1 aliphatic rings. The van der Waals surface area contributed by atoms with Crippen molar-refractivity contribution in [2.45, 2.75) is 19.5 Å². The zero-order valence-electron chi connectivity index (χ0n) is 13.7. The number of benzene rings is 1. The van der Waals surface area contributed by atoms with Crippen molar-refractivity contribution in [1.29, 1.82) is 0 Å². The van der Waals surface area contributed by atoms with Crippen LogP contribution in [-0.2, 0) is 11.3 Å². The van der Waals surface area contributed by atoms with E-state index in [1.54, 1.807) is 18.4 Å². The molecule has 6 heteroatoms. The van der Waals surface area contributed by atoms with E-state index in [2.05, 4.69) is 15.1 Å². The van der Waals surface area contributed by atoms with Crippen LogP contribution in [0.15, 0.2) is 47.1 Å². The molecule has 24 heavy (non-hydrogen) atoms. The van der Waals surface area contributed by atoms with Gasteiger partial charge in [-0.25, -0.2) is 4.39 Å². The van der Waals surface area contributed by atoms with E-state index in [0.29, 0.717) is 5.69 Å². The summed E-state index contributed by atoms with van der Waals surface area (Å²) in [5.41, 5.74) is 0.489. The molecular weight excluding hydrogens is 309 g/mol. The van der Waals surface area contributed by atoms with Gasteiger partial charge in [0.1, 0.15) is 11.6 Å². The van der Waals surface area contributed by atoms with E-state index in [9.17, 15) is 9.18 Å². The zero-order valence-corrected chi connectivity index (χ0v) is 13.7. The summed E-state index contributed by atoms with van der Waals surface area (Å²) in [5, 5.41) is 2.78. The number of carbonyl (C=O) groups is 1. The van der Waals surface area contributed by atoms with E-state index in [4.69, 9.17) is 4.42 Å². The fourth-order valence-corrected chi connectivity index (χ4v) is 2.91. The SMILES string of the molecule is CC(C(=O)Nc1cccc(F)c1)N1CCN(Cc2ccco2)CC1. The average Bonchev–Trinajstić information content (AvgIpc) is 3.08. The number of anilines is 1. The van der Waals surface area contributed by atoms with Crippen molar-refractivity contribution in [2.75, 3.05) is 31.5 Å². The lowest BCUT2D eigenvalue weighted by Crippen LogP contribution is -2.52. The molecule has 1 saturated heterocycles. The van der Waals surface area contributed by atoms with Gasteiger partial charge >= 0.3 is 0 Å². The molecule has 1 aliphatic heterocycles. The third-order valence-electron chi connectivity index (χ3n) is 4.39. The van der Waals surface area contributed by atoms with Crippen LogP contribution < -0.4 is 5.32 Å². The van der Waals surface area contributed by atoms with Gasteiger partial charge in [0, 0.05) is 31.9 Å². The number of nitrogens with one attached hydrogen (secondary N) is 1. The third-order valence-corrected chi connectivity index (χ3v) is 4.39. The minimum Gasteiger partial charge on any atom is -0.468 e. The Labute approximate surface area is 141 Å². The van der Waals surface area contributed by atoms with Crippen molar-refractivity contribution in [3.05, 3.63) is 54.2 Å². The molecule has 1 fully saturated rings. The second-order valence-corrected chi connectivity index (χ2v) is 6.07. The number of carbonyl (C=O) groups excluding carboxylic acids is 1. The van der Waals surface area contributed by atoms with Crippen molar-refractivity contribution >= 4 is 11.6 Å². The molecule has 5 nitrogen and oxygen atoms in total. The molecule has 0 saturated carbocycles. The van der Waals surface area contributed by atoms with Crippen LogP contribution in [0.5, 0.6) is 0 Å². The first kappa shape index (κ1) is 16.7. The van der Waals surface area contributed by atoms with Gasteiger partial charge in [0.25, 0.3) is 0 Å². The summed E-state index contributed by atoms with van der Waals surface area (Å²) in [6, 6.07) is 9.58. The Balaban J connectivity index is 1.49. The molecule has 2 aromatic rings. The molecule has 1 aromatic heterocycles. The van der Waals surface area contributed by atoms with Crippen LogP contribution in [0.4, 0.5) is 10.1 Å². The first-order chi connectivity index (χ1) is 11.6. The summed E-state index contributed by atoms with van der Waals surface area (Å²) >= 11 is 0. The Morgan fingerprint density at radius 2 is 2.04 bits per heavy atom. The van der Waals surface area contributed by atoms with Gasteiger partial charge in [-0.3, -0.25) is 14.6 Å². The number of amides is 1. The second kappa shape index (κ2) is 7.59. The molecule has 1 unspecified atom stereocenters. The van der Waals surface area contributed by atoms with Crippen molar-refractivity contribution < 1.29 is 13.6 Å². The lowest BCUT2D eigenvalue weighted by atomic mass is 10.2. The van der Waals surface area contributed by atoms with Crippen LogP contribution in [-0.4, -0.2) is 47.9 Å². The molecule has 1 amide bonds. The summed E-state index contributed by atoms with van der Waals surface area (Å²) in [6.07, 6.45) is 1.68. The van der Waals surface area contributed by atoms with Gasteiger partial charge in [0.2, 0.25) is 5.91 Å². The van der Waals surface area contributed by atoms with Crippen molar-refractivity contribution in [1.82, 2.24) is 9.80 Å². The predicted molar refractivity (Wildman–Crippen MR) is 90.0 cm³/mol. The Bertz CT molecular complexity index is 667. The Morgan fingerprint density at radius 1 is 1.25 bits per heavy atom. The largest absolute Gasteiger partial charge is 0.468 e. The maximum absolute atomic E-state index is 13.2. The molecule has 1 aromatic carbocycles. The van der Waals surface area contributed by atoms with Crippen molar-refractivity contribution in [3.63, 3.8) is 0 Å². The Kier molecular flexibility index (Phi) is 5.27. The molecule has 0 spiro atoms. The first-order valence-electron chi connectivity index (χ1n) is 8.17. The molecular formula is C18H22FN3O2. The Morgan fingerprint density at radius 3 is 2.71 bits per heavy atom. The lowest BCUT2D eigenvalue weighted by molar-refractivity contribution is -0.121. The zero-order chi connectivity index (χ0) is 16.9. The predicted octanol–water partition coefficient (Wildman–Crippen LogP) is 2.56. The number of rotatable bonds is 5. The maximum atomic E-state index is 13.2. The molecule has 0 radical (unpaired) electrons. The van der Waals surface area contributed by atoms with E-state index >= 15 is 0 Å². The molecule has 2 heterocycles. The van der Waals surface area contributed by atoms with E-state index in [1.165, 1.54) is 12.1 Å². The summed E-state index contributed by atoms with van der Waals surface area (Å²) in [4.78, 5) is 16.8. The number of furan rings is 1. The highest BCUT2D eigenvalue weighted by Gasteiger charge is 2.25. The van der Waals surface area contributed by atoms with Crippen LogP contribution in [0.1, 0.15) is 12.7 Å². The molecule has 3 rings (SSSR count). The fraction of sp³-hybridized carbons (Fsp3) is 0.389. The fourth-order valence-electron chi connectivity index (χ4n) is 2.91. The van der Waals surface area contributed by atoms with Crippen LogP contribution in [0, 0.1) is 5.82 Å². The number of piperazine rings is 1. The highest BCUT2D eigenvalue weighted by atomic mass is 19.1. The molecule has 128 valence electrons. The number of hydrogen-bond acceptors (Lipinski definition) is 4. The normalized spacial score (nSPS) is 17.6. The van der Waals surface area contributed by atoms with E-state index in [1.807, 2.05) is 19.1 Å². The lowest BCUT2D eigenvalue weighted by Gasteiger charge is -2.37. The molecule has 0 bridgehead atoms. The third kappa shape index (κ3) is 4.21. The van der Waals surface area contributed by atoms with Crippen LogP contribution in [0.3, 0.4) is 0 Å². The molecule has 1 atom stereocenters. The van der Waals surface area contributed by atoms with Crippen LogP contribution in [0.25, 0.3) is 0 Å². The maximum Gasteiger partial charge on any atom is 0.241 e. The first-order valence-corrected chi connectivity index (χ1v) is 8.17. The second-order valence-electron chi connectivity index (χ2n) is 6.07. The van der Waals surface area contributed by atoms with Crippen LogP contribution in [0.2, 0.25) is 0 Å². The summed E-state index contributed by atoms with van der Waals surface area (Å²) < 4.78 is 18.6. The monoisotopic (exact) mass is 331 g/mol. The van der Waals surface area contributed by atoms with Crippen LogP contribution >= 0.6 is 0 Å². The van der Waals surface area contributed by atoms with Gasteiger partial charge in [-0.15, -0.1) is 0 Å². The summed E-state index contributed by atoms with van der Waals surface area (Å²) in [5.74, 6) is 0.493. The van der Waals surface area contributed by atoms with Gasteiger partial charge < -0.3 is 9.73 Å². The van der Waals surface area contributed by atoms with E-state index in [0.717, 1.165) is 38.5 Å². The standard InChI is InChI=1S/C18H22FN3O2/c1-14(18(23)20-16-5-2-4-15(19)12-16)22-9-7-21(8-10-22)13-17-6-3-11-24-17/h2-6,11-12,14H,7-10,13H2,1H3,(H,20,23). The van der Waals surface area contributed by atoms with Gasteiger partial charge in [-0.05, 0) is 37.3 Å². The highest BCUT2D eigenvalue weighted by Crippen LogP contribution is 2.14. The molecule has 1 N–H and O–H groups in total. The summed E-state index contributed by atoms with van der Waals surface area (Å²) in [6.45, 7) is 6.09. The van der Waals surface area contributed by atoms with Gasteiger partial charge in [-0.1, -0.05) is 6.07 Å². The van der Waals surface area contributed by atoms with Gasteiger partial charge in [-0.2, -0.15) is 0 Å². The van der Waals surface area contributed by atoms with Crippen molar-refractivity contribution in [3.8, 4) is 0 Å². The molecule has 0 aliphatic carbocycles. The number of halogens is 1. The minimum atomic E-state index is -0.355. The number of nitrogens with zero attached hydrogens (tertiary/aromatic N) is 2. The Hall–Kier alpha value is -2.18. The highest BCUT2D eigenvalue weighted by molar-refractivity contribution is 5.94. The quantitative estimate of drug-likeness (QED) is 0.915. The van der Waals surface area contributed by atoms with E-state index < -0.39 is 0 Å². The van der Waals surface area contributed by atoms with Gasteiger partial charge in [0.15, 0.2) is 0 Å². The smallest absolute Gasteiger partial charge is 0.241 e. The summed E-state index contributed by atoms with van der Waals surface area (Å²) in [7, 11) is 0. The van der Waals surface area contributed by atoms with Gasteiger partial charge in [0.05, 0.1) is 18.8 Å². The topological polar surface area (TPSA) is 48.7 Å². The number of hydrogen-bond donors (Lipinski definition) is 1. The van der Waals surface area contributed by atoms with Crippen molar-refractivity contribution in [2.24, 2.45) is 0 Å².